The third kappa shape index (κ3) is 1.13. The smallest absolute Gasteiger partial charge is 0.160 e. The lowest BCUT2D eigenvalue weighted by Crippen LogP contribution is -2.10. The molecule has 1 atom stereocenters. The van der Waals surface area contributed by atoms with Crippen LogP contribution in [-0.2, 0) is 14.6 Å². The molecule has 0 N–H and O–H groups in total. The van der Waals surface area contributed by atoms with Crippen molar-refractivity contribution in [3.05, 3.63) is 0 Å². The zero-order valence-corrected chi connectivity index (χ0v) is 5.94. The summed E-state index contributed by atoms with van der Waals surface area (Å²) in [4.78, 5) is 10.5. The van der Waals surface area contributed by atoms with Gasteiger partial charge in [-0.25, -0.2) is 8.42 Å². The van der Waals surface area contributed by atoms with Crippen LogP contribution in [0.1, 0.15) is 13.3 Å². The molecule has 1 aliphatic rings. The van der Waals surface area contributed by atoms with Crippen molar-refractivity contribution < 1.29 is 13.2 Å². The zero-order valence-electron chi connectivity index (χ0n) is 5.12. The number of hydrogen-bond donors (Lipinski definition) is 0. The minimum Gasteiger partial charge on any atom is -0.299 e. The molecule has 1 rings (SSSR count). The third-order valence-corrected chi connectivity index (χ3v) is 3.61. The molecule has 1 unspecified atom stereocenters. The van der Waals surface area contributed by atoms with Crippen LogP contribution in [0.4, 0.5) is 0 Å². The molecule has 0 aromatic heterocycles. The Labute approximate surface area is 54.0 Å². The van der Waals surface area contributed by atoms with Crippen molar-refractivity contribution in [1.29, 1.82) is 0 Å². The maximum Gasteiger partial charge on any atom is 0.160 e. The molecule has 0 bridgehead atoms. The van der Waals surface area contributed by atoms with Gasteiger partial charge in [-0.1, -0.05) is 0 Å². The van der Waals surface area contributed by atoms with Gasteiger partial charge in [-0.2, -0.15) is 0 Å². The molecule has 1 saturated heterocycles. The molecule has 0 amide bonds. The fraction of sp³-hybridized carbons (Fsp3) is 0.800. The highest BCUT2D eigenvalue weighted by Gasteiger charge is 2.33. The molecule has 1 aliphatic heterocycles. The van der Waals surface area contributed by atoms with Gasteiger partial charge in [0.05, 0.1) is 5.25 Å². The second-order valence-corrected chi connectivity index (χ2v) is 4.78. The zero-order chi connectivity index (χ0) is 7.07. The van der Waals surface area contributed by atoms with E-state index in [1.54, 1.807) is 6.92 Å². The van der Waals surface area contributed by atoms with E-state index in [2.05, 4.69) is 0 Å². The summed E-state index contributed by atoms with van der Waals surface area (Å²) in [6.45, 7) is 1.57. The molecule has 1 fully saturated rings. The fourth-order valence-corrected chi connectivity index (χ4v) is 2.16. The first-order valence-electron chi connectivity index (χ1n) is 2.75. The summed E-state index contributed by atoms with van der Waals surface area (Å²) < 4.78 is 21.5. The predicted molar refractivity (Wildman–Crippen MR) is 32.9 cm³/mol. The molecule has 0 aliphatic carbocycles. The number of hydrogen-bond acceptors (Lipinski definition) is 3. The van der Waals surface area contributed by atoms with Gasteiger partial charge >= 0.3 is 0 Å². The average Bonchev–Trinajstić information content (AvgIpc) is 1.79. The molecule has 0 radical (unpaired) electrons. The van der Waals surface area contributed by atoms with Crippen molar-refractivity contribution in [1.82, 2.24) is 0 Å². The van der Waals surface area contributed by atoms with E-state index >= 15 is 0 Å². The van der Waals surface area contributed by atoms with Gasteiger partial charge < -0.3 is 0 Å². The van der Waals surface area contributed by atoms with Gasteiger partial charge in [0.15, 0.2) is 9.84 Å². The number of carbonyl (C=O) groups excluding carboxylic acids is 1. The summed E-state index contributed by atoms with van der Waals surface area (Å²) >= 11 is 0. The maximum atomic E-state index is 10.8. The lowest BCUT2D eigenvalue weighted by molar-refractivity contribution is -0.116. The van der Waals surface area contributed by atoms with Crippen LogP contribution in [0.2, 0.25) is 0 Å². The summed E-state index contributed by atoms with van der Waals surface area (Å²) in [7, 11) is -3.02. The average molecular weight is 148 g/mol. The number of Topliss-reactive ketones (excluding diaryl/α,β-unsaturated/α-hetero) is 1. The Hall–Kier alpha value is -0.380. The van der Waals surface area contributed by atoms with E-state index in [0.717, 1.165) is 0 Å². The Morgan fingerprint density at radius 2 is 2.11 bits per heavy atom. The number of carbonyl (C=O) groups is 1. The topological polar surface area (TPSA) is 51.2 Å². The van der Waals surface area contributed by atoms with E-state index in [1.807, 2.05) is 0 Å². The summed E-state index contributed by atoms with van der Waals surface area (Å²) in [5.74, 6) is -0.392. The molecule has 9 heavy (non-hydrogen) atoms. The van der Waals surface area contributed by atoms with Gasteiger partial charge in [0.2, 0.25) is 0 Å². The van der Waals surface area contributed by atoms with Crippen LogP contribution in [0.25, 0.3) is 0 Å². The highest BCUT2D eigenvalue weighted by atomic mass is 32.2. The van der Waals surface area contributed by atoms with Crippen LogP contribution in [0, 0.1) is 0 Å². The molecular weight excluding hydrogens is 140 g/mol. The normalized spacial score (nSPS) is 33.0. The van der Waals surface area contributed by atoms with Crippen LogP contribution in [0.3, 0.4) is 0 Å². The molecule has 0 spiro atoms. The van der Waals surface area contributed by atoms with Gasteiger partial charge in [0.1, 0.15) is 11.5 Å². The van der Waals surface area contributed by atoms with Crippen LogP contribution >= 0.6 is 0 Å². The first-order chi connectivity index (χ1) is 4.02. The van der Waals surface area contributed by atoms with Gasteiger partial charge in [0.25, 0.3) is 0 Å². The first kappa shape index (κ1) is 6.74. The van der Waals surface area contributed by atoms with Crippen molar-refractivity contribution in [2.45, 2.75) is 18.6 Å². The largest absolute Gasteiger partial charge is 0.299 e. The van der Waals surface area contributed by atoms with E-state index in [-0.39, 0.29) is 18.0 Å². The summed E-state index contributed by atoms with van der Waals surface area (Å²) in [5.41, 5.74) is 0. The van der Waals surface area contributed by atoms with Crippen molar-refractivity contribution in [3.8, 4) is 0 Å². The Morgan fingerprint density at radius 1 is 1.56 bits per heavy atom. The molecule has 4 heteroatoms. The monoisotopic (exact) mass is 148 g/mol. The lowest BCUT2D eigenvalue weighted by atomic mass is 10.3. The Balaban J connectivity index is 2.95. The predicted octanol–water partition coefficient (Wildman–Crippen LogP) is -0.237. The third-order valence-electron chi connectivity index (χ3n) is 1.49. The van der Waals surface area contributed by atoms with Crippen molar-refractivity contribution in [3.63, 3.8) is 0 Å². The van der Waals surface area contributed by atoms with Crippen LogP contribution in [0.15, 0.2) is 0 Å². The van der Waals surface area contributed by atoms with E-state index in [9.17, 15) is 13.2 Å². The molecule has 3 nitrogen and oxygen atoms in total. The Morgan fingerprint density at radius 3 is 2.22 bits per heavy atom. The lowest BCUT2D eigenvalue weighted by Gasteiger charge is -1.94. The van der Waals surface area contributed by atoms with Gasteiger partial charge in [0, 0.05) is 6.42 Å². The highest BCUT2D eigenvalue weighted by Crippen LogP contribution is 2.15. The van der Waals surface area contributed by atoms with Crippen LogP contribution < -0.4 is 0 Å². The fourth-order valence-electron chi connectivity index (χ4n) is 0.873. The molecule has 52 valence electrons. The second kappa shape index (κ2) is 1.80. The summed E-state index contributed by atoms with van der Waals surface area (Å²) in [5, 5.41) is -0.440. The van der Waals surface area contributed by atoms with E-state index in [4.69, 9.17) is 0 Å². The van der Waals surface area contributed by atoms with E-state index in [1.165, 1.54) is 0 Å². The number of rotatable bonds is 0. The van der Waals surface area contributed by atoms with Gasteiger partial charge in [-0.3, -0.25) is 4.79 Å². The van der Waals surface area contributed by atoms with Gasteiger partial charge in [-0.15, -0.1) is 0 Å². The minimum absolute atomic E-state index is 0.150. The maximum absolute atomic E-state index is 10.8. The molecule has 0 saturated carbocycles. The molecule has 0 aromatic rings. The standard InChI is InChI=1S/C5H8O3S/c1-4-2-5(6)3-9(4,7)8/h4H,2-3H2,1H3. The quantitative estimate of drug-likeness (QED) is 0.476. The van der Waals surface area contributed by atoms with Crippen LogP contribution in [-0.4, -0.2) is 25.2 Å². The molecule has 1 heterocycles. The minimum atomic E-state index is -3.02. The SMILES string of the molecule is CC1CC(=O)CS1(=O)=O. The van der Waals surface area contributed by atoms with Crippen molar-refractivity contribution >= 4 is 15.6 Å². The highest BCUT2D eigenvalue weighted by molar-refractivity contribution is 7.93. The van der Waals surface area contributed by atoms with Crippen molar-refractivity contribution in [2.75, 3.05) is 5.75 Å². The van der Waals surface area contributed by atoms with E-state index < -0.39 is 15.1 Å². The second-order valence-electron chi connectivity index (χ2n) is 2.36. The van der Waals surface area contributed by atoms with Crippen LogP contribution in [0.5, 0.6) is 0 Å². The van der Waals surface area contributed by atoms with Gasteiger partial charge in [-0.05, 0) is 6.92 Å². The molecule has 0 aromatic carbocycles. The summed E-state index contributed by atoms with van der Waals surface area (Å²) in [6.07, 6.45) is 0.211. The van der Waals surface area contributed by atoms with Crippen molar-refractivity contribution in [2.24, 2.45) is 0 Å². The van der Waals surface area contributed by atoms with E-state index in [0.29, 0.717) is 0 Å². The Kier molecular flexibility index (Phi) is 1.35. The number of sulfone groups is 1. The first-order valence-corrected chi connectivity index (χ1v) is 4.47. The summed E-state index contributed by atoms with van der Waals surface area (Å²) in [6, 6.07) is 0. The molecular formula is C5H8O3S. The number of ketones is 1. The Bertz CT molecular complexity index is 227.